The molecule has 0 fully saturated rings. The second kappa shape index (κ2) is 6.17. The molecule has 1 unspecified atom stereocenters. The van der Waals surface area contributed by atoms with Crippen LogP contribution in [0.15, 0.2) is 23.1 Å². The van der Waals surface area contributed by atoms with Gasteiger partial charge < -0.3 is 9.67 Å². The lowest BCUT2D eigenvalue weighted by Gasteiger charge is -2.32. The maximum absolute atomic E-state index is 13.2. The third kappa shape index (κ3) is 2.71. The fourth-order valence-corrected chi connectivity index (χ4v) is 5.33. The van der Waals surface area contributed by atoms with Crippen molar-refractivity contribution < 1.29 is 18.3 Å². The second-order valence-corrected chi connectivity index (χ2v) is 8.71. The zero-order chi connectivity index (χ0) is 18.5. The van der Waals surface area contributed by atoms with E-state index in [1.165, 1.54) is 5.56 Å². The molecule has 138 valence electrons. The van der Waals surface area contributed by atoms with E-state index in [0.717, 1.165) is 35.6 Å². The standard InChI is InChI=1S/C17H20N4O4S/c1-11-18-19-16-10-21(15(17(22)23)9-20(11)16)26(24,25)14-7-6-12-4-2-3-5-13(12)8-14/h6-8,15H,2-5,9-10H2,1H3,(H,22,23). The highest BCUT2D eigenvalue weighted by Crippen LogP contribution is 2.29. The first-order chi connectivity index (χ1) is 12.4. The van der Waals surface area contributed by atoms with E-state index in [2.05, 4.69) is 10.2 Å². The number of hydrogen-bond acceptors (Lipinski definition) is 5. The molecule has 1 aliphatic carbocycles. The fraction of sp³-hybridized carbons (Fsp3) is 0.471. The Bertz CT molecular complexity index is 983. The van der Waals surface area contributed by atoms with Gasteiger partial charge in [0.2, 0.25) is 10.0 Å². The number of carbonyl (C=O) groups is 1. The maximum atomic E-state index is 13.2. The summed E-state index contributed by atoms with van der Waals surface area (Å²) >= 11 is 0. The third-order valence-corrected chi connectivity index (χ3v) is 7.08. The maximum Gasteiger partial charge on any atom is 0.323 e. The summed E-state index contributed by atoms with van der Waals surface area (Å²) in [4.78, 5) is 11.9. The summed E-state index contributed by atoms with van der Waals surface area (Å²) in [5, 5.41) is 17.5. The quantitative estimate of drug-likeness (QED) is 0.861. The van der Waals surface area contributed by atoms with Crippen molar-refractivity contribution >= 4 is 16.0 Å². The van der Waals surface area contributed by atoms with Crippen LogP contribution in [0.25, 0.3) is 0 Å². The van der Waals surface area contributed by atoms with Crippen LogP contribution in [0, 0.1) is 6.92 Å². The molecule has 0 bridgehead atoms. The largest absolute Gasteiger partial charge is 0.480 e. The monoisotopic (exact) mass is 376 g/mol. The molecule has 0 saturated carbocycles. The lowest BCUT2D eigenvalue weighted by Crippen LogP contribution is -2.50. The molecule has 4 rings (SSSR count). The average Bonchev–Trinajstić information content (AvgIpc) is 3.00. The van der Waals surface area contributed by atoms with Gasteiger partial charge in [0.15, 0.2) is 0 Å². The normalized spacial score (nSPS) is 20.4. The number of benzene rings is 1. The van der Waals surface area contributed by atoms with Gasteiger partial charge in [-0.1, -0.05) is 6.07 Å². The Morgan fingerprint density at radius 2 is 1.92 bits per heavy atom. The number of sulfonamides is 1. The molecule has 1 aromatic heterocycles. The van der Waals surface area contributed by atoms with Gasteiger partial charge in [0, 0.05) is 0 Å². The van der Waals surface area contributed by atoms with Crippen LogP contribution in [0.2, 0.25) is 0 Å². The highest BCUT2D eigenvalue weighted by atomic mass is 32.2. The number of carboxylic acid groups (broad SMARTS) is 1. The highest BCUT2D eigenvalue weighted by Gasteiger charge is 2.41. The van der Waals surface area contributed by atoms with E-state index in [4.69, 9.17) is 0 Å². The van der Waals surface area contributed by atoms with Crippen LogP contribution < -0.4 is 0 Å². The molecule has 1 atom stereocenters. The molecular formula is C17H20N4O4S. The first-order valence-corrected chi connectivity index (χ1v) is 10.1. The molecule has 2 heterocycles. The van der Waals surface area contributed by atoms with Crippen LogP contribution in [0.4, 0.5) is 0 Å². The minimum absolute atomic E-state index is 0.00761. The molecule has 0 radical (unpaired) electrons. The topological polar surface area (TPSA) is 105 Å². The Kier molecular flexibility index (Phi) is 4.07. The molecule has 0 amide bonds. The molecule has 8 nitrogen and oxygen atoms in total. The van der Waals surface area contributed by atoms with Crippen molar-refractivity contribution in [2.45, 2.75) is 56.6 Å². The fourth-order valence-electron chi connectivity index (χ4n) is 3.75. The van der Waals surface area contributed by atoms with E-state index < -0.39 is 22.0 Å². The molecule has 2 aliphatic rings. The molecule has 26 heavy (non-hydrogen) atoms. The van der Waals surface area contributed by atoms with Crippen LogP contribution in [0.1, 0.15) is 35.6 Å². The zero-order valence-electron chi connectivity index (χ0n) is 14.4. The van der Waals surface area contributed by atoms with Crippen LogP contribution >= 0.6 is 0 Å². The minimum Gasteiger partial charge on any atom is -0.480 e. The Morgan fingerprint density at radius 1 is 1.19 bits per heavy atom. The summed E-state index contributed by atoms with van der Waals surface area (Å²) in [5.41, 5.74) is 2.22. The molecule has 2 aromatic rings. The van der Waals surface area contributed by atoms with Crippen LogP contribution in [-0.4, -0.2) is 44.6 Å². The van der Waals surface area contributed by atoms with Crippen molar-refractivity contribution in [3.05, 3.63) is 41.0 Å². The van der Waals surface area contributed by atoms with E-state index in [1.54, 1.807) is 23.6 Å². The van der Waals surface area contributed by atoms with E-state index in [-0.39, 0.29) is 18.0 Å². The lowest BCUT2D eigenvalue weighted by atomic mass is 9.92. The van der Waals surface area contributed by atoms with Gasteiger partial charge in [0.1, 0.15) is 17.7 Å². The third-order valence-electron chi connectivity index (χ3n) is 5.22. The average molecular weight is 376 g/mol. The Labute approximate surface area is 151 Å². The van der Waals surface area contributed by atoms with Gasteiger partial charge in [-0.05, 0) is 55.9 Å². The van der Waals surface area contributed by atoms with E-state index in [9.17, 15) is 18.3 Å². The summed E-state index contributed by atoms with van der Waals surface area (Å²) in [6.07, 6.45) is 3.97. The first kappa shape index (κ1) is 17.2. The van der Waals surface area contributed by atoms with Gasteiger partial charge in [-0.2, -0.15) is 4.31 Å². The molecular weight excluding hydrogens is 356 g/mol. The number of aliphatic carboxylic acids is 1. The second-order valence-electron chi connectivity index (χ2n) is 6.82. The Balaban J connectivity index is 1.75. The smallest absolute Gasteiger partial charge is 0.323 e. The number of nitrogens with zero attached hydrogens (tertiary/aromatic N) is 4. The lowest BCUT2D eigenvalue weighted by molar-refractivity contribution is -0.142. The van der Waals surface area contributed by atoms with Crippen molar-refractivity contribution in [3.8, 4) is 0 Å². The Morgan fingerprint density at radius 3 is 2.65 bits per heavy atom. The number of carboxylic acids is 1. The number of aromatic nitrogens is 3. The van der Waals surface area contributed by atoms with Crippen molar-refractivity contribution in [2.75, 3.05) is 0 Å². The van der Waals surface area contributed by atoms with E-state index >= 15 is 0 Å². The summed E-state index contributed by atoms with van der Waals surface area (Å²) in [7, 11) is -3.95. The SMILES string of the molecule is Cc1nnc2n1CC(C(=O)O)N(S(=O)(=O)c1ccc3c(c1)CCCC3)C2. The molecule has 1 aliphatic heterocycles. The summed E-state index contributed by atoms with van der Waals surface area (Å²) in [6, 6.07) is 3.96. The van der Waals surface area contributed by atoms with Crippen molar-refractivity contribution in [2.24, 2.45) is 0 Å². The highest BCUT2D eigenvalue weighted by molar-refractivity contribution is 7.89. The number of fused-ring (bicyclic) bond motifs is 2. The van der Waals surface area contributed by atoms with E-state index in [0.29, 0.717) is 11.6 Å². The molecule has 1 aromatic carbocycles. The molecule has 1 N–H and O–H groups in total. The number of aryl methyl sites for hydroxylation is 3. The van der Waals surface area contributed by atoms with Crippen LogP contribution in [0.5, 0.6) is 0 Å². The van der Waals surface area contributed by atoms with Gasteiger partial charge >= 0.3 is 5.97 Å². The van der Waals surface area contributed by atoms with Gasteiger partial charge in [-0.25, -0.2) is 8.42 Å². The summed E-state index contributed by atoms with van der Waals surface area (Å²) in [6.45, 7) is 1.63. The van der Waals surface area contributed by atoms with Crippen molar-refractivity contribution in [3.63, 3.8) is 0 Å². The first-order valence-electron chi connectivity index (χ1n) is 8.63. The van der Waals surface area contributed by atoms with Crippen molar-refractivity contribution in [1.82, 2.24) is 19.1 Å². The predicted octanol–water partition coefficient (Wildman–Crippen LogP) is 1.12. The van der Waals surface area contributed by atoms with Gasteiger partial charge in [-0.3, -0.25) is 4.79 Å². The molecule has 9 heteroatoms. The van der Waals surface area contributed by atoms with Crippen molar-refractivity contribution in [1.29, 1.82) is 0 Å². The van der Waals surface area contributed by atoms with E-state index in [1.807, 2.05) is 6.07 Å². The Hall–Kier alpha value is -2.26. The predicted molar refractivity (Wildman–Crippen MR) is 92.0 cm³/mol. The number of rotatable bonds is 3. The van der Waals surface area contributed by atoms with Gasteiger partial charge in [-0.15, -0.1) is 10.2 Å². The number of hydrogen-bond donors (Lipinski definition) is 1. The summed E-state index contributed by atoms with van der Waals surface area (Å²) in [5.74, 6) is -0.135. The zero-order valence-corrected chi connectivity index (χ0v) is 15.2. The van der Waals surface area contributed by atoms with Gasteiger partial charge in [0.05, 0.1) is 18.0 Å². The van der Waals surface area contributed by atoms with Gasteiger partial charge in [0.25, 0.3) is 0 Å². The summed E-state index contributed by atoms with van der Waals surface area (Å²) < 4.78 is 29.1. The molecule has 0 spiro atoms. The van der Waals surface area contributed by atoms with Crippen LogP contribution in [0.3, 0.4) is 0 Å². The molecule has 0 saturated heterocycles. The van der Waals surface area contributed by atoms with Crippen LogP contribution in [-0.2, 0) is 40.7 Å². The minimum atomic E-state index is -3.95.